The summed E-state index contributed by atoms with van der Waals surface area (Å²) < 4.78 is 11.5. The van der Waals surface area contributed by atoms with Gasteiger partial charge in [-0.15, -0.1) is 0 Å². The van der Waals surface area contributed by atoms with Gasteiger partial charge in [-0.05, 0) is 48.4 Å². The molecule has 168 valence electrons. The summed E-state index contributed by atoms with van der Waals surface area (Å²) in [6.07, 6.45) is 0.955. The summed E-state index contributed by atoms with van der Waals surface area (Å²) in [5.74, 6) is -0.267. The van der Waals surface area contributed by atoms with Crippen molar-refractivity contribution in [2.24, 2.45) is 5.41 Å². The minimum Gasteiger partial charge on any atom is -0.468 e. The van der Waals surface area contributed by atoms with E-state index in [0.717, 1.165) is 22.0 Å². The van der Waals surface area contributed by atoms with Crippen LogP contribution in [0.15, 0.2) is 59.1 Å². The van der Waals surface area contributed by atoms with Crippen LogP contribution < -0.4 is 0 Å². The van der Waals surface area contributed by atoms with Gasteiger partial charge in [-0.1, -0.05) is 72.2 Å². The van der Waals surface area contributed by atoms with Crippen LogP contribution in [0.3, 0.4) is 0 Å². The van der Waals surface area contributed by atoms with E-state index < -0.39 is 5.41 Å². The van der Waals surface area contributed by atoms with Crippen LogP contribution in [0, 0.1) is 5.41 Å². The first kappa shape index (κ1) is 24.9. The van der Waals surface area contributed by atoms with E-state index in [9.17, 15) is 9.59 Å². The second-order valence-corrected chi connectivity index (χ2v) is 9.81. The lowest BCUT2D eigenvalue weighted by Crippen LogP contribution is -2.39. The molecular formula is C25H32BrNO4. The molecule has 1 amide bonds. The van der Waals surface area contributed by atoms with Gasteiger partial charge in [0.2, 0.25) is 0 Å². The summed E-state index contributed by atoms with van der Waals surface area (Å²) in [4.78, 5) is 26.7. The number of hydrogen-bond donors (Lipinski definition) is 0. The zero-order chi connectivity index (χ0) is 23.1. The van der Waals surface area contributed by atoms with Gasteiger partial charge in [-0.3, -0.25) is 4.79 Å². The Hall–Kier alpha value is -2.34. The van der Waals surface area contributed by atoms with Crippen molar-refractivity contribution in [2.75, 3.05) is 20.7 Å². The summed E-state index contributed by atoms with van der Waals surface area (Å²) in [5.41, 5.74) is 0.857. The molecular weight excluding hydrogens is 458 g/mol. The van der Waals surface area contributed by atoms with Gasteiger partial charge >= 0.3 is 12.1 Å². The zero-order valence-electron chi connectivity index (χ0n) is 19.0. The van der Waals surface area contributed by atoms with Crippen LogP contribution in [0.5, 0.6) is 0 Å². The number of esters is 1. The fourth-order valence-electron chi connectivity index (χ4n) is 3.62. The number of carbonyl (C=O) groups excluding carboxylic acids is 2. The topological polar surface area (TPSA) is 55.8 Å². The Morgan fingerprint density at radius 3 is 2.29 bits per heavy atom. The van der Waals surface area contributed by atoms with E-state index in [0.29, 0.717) is 13.0 Å². The van der Waals surface area contributed by atoms with Crippen LogP contribution >= 0.6 is 15.9 Å². The summed E-state index contributed by atoms with van der Waals surface area (Å²) in [5, 5.41) is 0. The number of hydrogen-bond acceptors (Lipinski definition) is 4. The largest absolute Gasteiger partial charge is 0.468 e. The Kier molecular flexibility index (Phi) is 8.69. The fourth-order valence-corrected chi connectivity index (χ4v) is 4.02. The maximum Gasteiger partial charge on any atom is 0.409 e. The summed E-state index contributed by atoms with van der Waals surface area (Å²) in [6.45, 7) is 6.85. The van der Waals surface area contributed by atoms with Gasteiger partial charge in [0.25, 0.3) is 0 Å². The first-order chi connectivity index (χ1) is 14.6. The number of ether oxygens (including phenoxy) is 2. The molecule has 0 fully saturated rings. The monoisotopic (exact) mass is 489 g/mol. The maximum absolute atomic E-state index is 12.7. The van der Waals surface area contributed by atoms with Crippen molar-refractivity contribution >= 4 is 28.0 Å². The summed E-state index contributed by atoms with van der Waals surface area (Å²) in [6, 6.07) is 17.4. The third-order valence-corrected chi connectivity index (χ3v) is 6.07. The number of amides is 1. The predicted octanol–water partition coefficient (Wildman–Crippen LogP) is 5.95. The molecule has 0 saturated carbocycles. The smallest absolute Gasteiger partial charge is 0.409 e. The molecule has 1 unspecified atom stereocenters. The molecule has 2 aromatic carbocycles. The van der Waals surface area contributed by atoms with Gasteiger partial charge in [0.1, 0.15) is 6.61 Å². The molecule has 2 rings (SSSR count). The van der Waals surface area contributed by atoms with Crippen molar-refractivity contribution in [1.29, 1.82) is 0 Å². The molecule has 0 aliphatic rings. The van der Waals surface area contributed by atoms with Crippen LogP contribution in [-0.2, 0) is 26.3 Å². The standard InChI is InChI=1S/C25H32BrNO4/c1-24(2,18-27(4)23(29)31-17-19-10-7-6-8-11-19)14-15-25(3,22(28)30-5)20-12-9-13-21(26)16-20/h6-13,16H,14-15,17-18H2,1-5H3. The SMILES string of the molecule is COC(=O)C(C)(CCC(C)(C)CN(C)C(=O)OCc1ccccc1)c1cccc(Br)c1. The number of benzene rings is 2. The fraction of sp³-hybridized carbons (Fsp3) is 0.440. The van der Waals surface area contributed by atoms with Crippen LogP contribution in [0.2, 0.25) is 0 Å². The van der Waals surface area contributed by atoms with E-state index in [1.165, 1.54) is 7.11 Å². The molecule has 0 aliphatic carbocycles. The second-order valence-electron chi connectivity index (χ2n) is 8.89. The van der Waals surface area contributed by atoms with Crippen molar-refractivity contribution < 1.29 is 19.1 Å². The number of nitrogens with zero attached hydrogens (tertiary/aromatic N) is 1. The van der Waals surface area contributed by atoms with Gasteiger partial charge < -0.3 is 14.4 Å². The summed E-state index contributed by atoms with van der Waals surface area (Å²) in [7, 11) is 3.16. The summed E-state index contributed by atoms with van der Waals surface area (Å²) >= 11 is 3.49. The van der Waals surface area contributed by atoms with Crippen molar-refractivity contribution in [3.05, 3.63) is 70.2 Å². The highest BCUT2D eigenvalue weighted by Gasteiger charge is 2.38. The lowest BCUT2D eigenvalue weighted by atomic mass is 9.73. The number of methoxy groups -OCH3 is 1. The second kappa shape index (κ2) is 10.8. The van der Waals surface area contributed by atoms with Gasteiger partial charge in [-0.25, -0.2) is 4.79 Å². The van der Waals surface area contributed by atoms with E-state index in [2.05, 4.69) is 29.8 Å². The Labute approximate surface area is 193 Å². The molecule has 0 aromatic heterocycles. The highest BCUT2D eigenvalue weighted by atomic mass is 79.9. The van der Waals surface area contributed by atoms with Crippen molar-refractivity contribution in [1.82, 2.24) is 4.90 Å². The van der Waals surface area contributed by atoms with E-state index >= 15 is 0 Å². The molecule has 5 nitrogen and oxygen atoms in total. The molecule has 0 spiro atoms. The number of halogens is 1. The minimum atomic E-state index is -0.776. The Morgan fingerprint density at radius 2 is 1.68 bits per heavy atom. The molecule has 1 atom stereocenters. The first-order valence-corrected chi connectivity index (χ1v) is 11.1. The third-order valence-electron chi connectivity index (χ3n) is 5.58. The van der Waals surface area contributed by atoms with Gasteiger partial charge in [0.15, 0.2) is 0 Å². The zero-order valence-corrected chi connectivity index (χ0v) is 20.6. The maximum atomic E-state index is 12.7. The lowest BCUT2D eigenvalue weighted by molar-refractivity contribution is -0.147. The highest BCUT2D eigenvalue weighted by molar-refractivity contribution is 9.10. The van der Waals surface area contributed by atoms with E-state index in [4.69, 9.17) is 9.47 Å². The first-order valence-electron chi connectivity index (χ1n) is 10.3. The molecule has 0 heterocycles. The average molecular weight is 490 g/mol. The van der Waals surface area contributed by atoms with E-state index in [1.54, 1.807) is 11.9 Å². The number of carbonyl (C=O) groups is 2. The molecule has 0 radical (unpaired) electrons. The molecule has 2 aromatic rings. The molecule has 0 bridgehead atoms. The molecule has 0 N–H and O–H groups in total. The van der Waals surface area contributed by atoms with Crippen LogP contribution in [0.25, 0.3) is 0 Å². The van der Waals surface area contributed by atoms with Gasteiger partial charge in [0, 0.05) is 18.1 Å². The Bertz CT molecular complexity index is 884. The molecule has 31 heavy (non-hydrogen) atoms. The number of rotatable bonds is 9. The minimum absolute atomic E-state index is 0.220. The Balaban J connectivity index is 2.00. The normalized spacial score (nSPS) is 13.2. The van der Waals surface area contributed by atoms with Gasteiger partial charge in [-0.2, -0.15) is 0 Å². The van der Waals surface area contributed by atoms with Crippen LogP contribution in [0.4, 0.5) is 4.79 Å². The van der Waals surface area contributed by atoms with Gasteiger partial charge in [0.05, 0.1) is 12.5 Å². The molecule has 6 heteroatoms. The quantitative estimate of drug-likeness (QED) is 0.408. The van der Waals surface area contributed by atoms with Crippen LogP contribution in [-0.4, -0.2) is 37.7 Å². The Morgan fingerprint density at radius 1 is 1.00 bits per heavy atom. The highest BCUT2D eigenvalue weighted by Crippen LogP contribution is 2.36. The van der Waals surface area contributed by atoms with E-state index in [1.807, 2.05) is 61.5 Å². The molecule has 0 aliphatic heterocycles. The van der Waals surface area contributed by atoms with Crippen molar-refractivity contribution in [2.45, 2.75) is 45.6 Å². The molecule has 0 saturated heterocycles. The van der Waals surface area contributed by atoms with Crippen molar-refractivity contribution in [3.8, 4) is 0 Å². The average Bonchev–Trinajstić information content (AvgIpc) is 2.75. The van der Waals surface area contributed by atoms with Crippen LogP contribution in [0.1, 0.15) is 44.7 Å². The lowest BCUT2D eigenvalue weighted by Gasteiger charge is -2.34. The van der Waals surface area contributed by atoms with E-state index in [-0.39, 0.29) is 24.1 Å². The third kappa shape index (κ3) is 7.10. The van der Waals surface area contributed by atoms with Crippen molar-refractivity contribution in [3.63, 3.8) is 0 Å². The predicted molar refractivity (Wildman–Crippen MR) is 126 cm³/mol.